The second-order valence-corrected chi connectivity index (χ2v) is 4.61. The second-order valence-electron chi connectivity index (χ2n) is 4.61. The van der Waals surface area contributed by atoms with Crippen LogP contribution < -0.4 is 10.6 Å². The van der Waals surface area contributed by atoms with Crippen LogP contribution >= 0.6 is 0 Å². The zero-order valence-corrected chi connectivity index (χ0v) is 10.2. The van der Waals surface area contributed by atoms with Gasteiger partial charge in [-0.1, -0.05) is 0 Å². The van der Waals surface area contributed by atoms with Gasteiger partial charge >= 0.3 is 5.97 Å². The number of aromatic carboxylic acids is 1. The van der Waals surface area contributed by atoms with Crippen LogP contribution in [-0.4, -0.2) is 30.1 Å². The van der Waals surface area contributed by atoms with Crippen LogP contribution in [0.1, 0.15) is 22.3 Å². The van der Waals surface area contributed by atoms with Crippen molar-refractivity contribution in [3.8, 4) is 0 Å². The summed E-state index contributed by atoms with van der Waals surface area (Å²) in [7, 11) is 0. The molecule has 0 saturated carbocycles. The lowest BCUT2D eigenvalue weighted by molar-refractivity contribution is -0.117. The fourth-order valence-electron chi connectivity index (χ4n) is 1.95. The van der Waals surface area contributed by atoms with Crippen LogP contribution in [0.25, 0.3) is 0 Å². The third-order valence-corrected chi connectivity index (χ3v) is 3.08. The predicted molar refractivity (Wildman–Crippen MR) is 67.7 cm³/mol. The van der Waals surface area contributed by atoms with Gasteiger partial charge in [-0.3, -0.25) is 4.79 Å². The Hall–Kier alpha value is -1.88. The molecule has 18 heavy (non-hydrogen) atoms. The Labute approximate surface area is 105 Å². The number of carbonyl (C=O) groups excluding carboxylic acids is 1. The van der Waals surface area contributed by atoms with Crippen molar-refractivity contribution < 1.29 is 14.7 Å². The zero-order valence-electron chi connectivity index (χ0n) is 10.2. The molecule has 0 spiro atoms. The number of carboxylic acids is 1. The van der Waals surface area contributed by atoms with E-state index in [0.29, 0.717) is 23.6 Å². The van der Waals surface area contributed by atoms with Gasteiger partial charge in [-0.05, 0) is 49.7 Å². The summed E-state index contributed by atoms with van der Waals surface area (Å²) in [6.45, 7) is 3.50. The lowest BCUT2D eigenvalue weighted by Gasteiger charge is -2.26. The summed E-state index contributed by atoms with van der Waals surface area (Å²) < 4.78 is 0. The number of anilines is 1. The van der Waals surface area contributed by atoms with Gasteiger partial charge in [0, 0.05) is 12.1 Å². The molecule has 96 valence electrons. The van der Waals surface area contributed by atoms with Gasteiger partial charge in [0.15, 0.2) is 0 Å². The van der Waals surface area contributed by atoms with Gasteiger partial charge in [0.1, 0.15) is 0 Å². The molecule has 5 heteroatoms. The molecular formula is C13H16N2O3. The van der Waals surface area contributed by atoms with E-state index in [2.05, 4.69) is 10.6 Å². The number of carbonyl (C=O) groups is 2. The molecule has 0 atom stereocenters. The van der Waals surface area contributed by atoms with Gasteiger partial charge in [-0.15, -0.1) is 0 Å². The third kappa shape index (κ3) is 2.87. The van der Waals surface area contributed by atoms with Crippen LogP contribution in [0.15, 0.2) is 18.2 Å². The quantitative estimate of drug-likeness (QED) is 0.749. The summed E-state index contributed by atoms with van der Waals surface area (Å²) in [6.07, 6.45) is 0.507. The van der Waals surface area contributed by atoms with Crippen LogP contribution in [0.4, 0.5) is 5.69 Å². The molecule has 1 aromatic carbocycles. The van der Waals surface area contributed by atoms with Crippen molar-refractivity contribution in [1.82, 2.24) is 5.32 Å². The highest BCUT2D eigenvalue weighted by Gasteiger charge is 2.20. The molecule has 3 N–H and O–H groups in total. The topological polar surface area (TPSA) is 78.4 Å². The minimum atomic E-state index is -0.953. The molecule has 1 aromatic rings. The van der Waals surface area contributed by atoms with Crippen molar-refractivity contribution in [2.24, 2.45) is 5.92 Å². The average Bonchev–Trinajstić information content (AvgIpc) is 2.23. The van der Waals surface area contributed by atoms with Crippen molar-refractivity contribution in [3.05, 3.63) is 29.3 Å². The number of nitrogens with one attached hydrogen (secondary N) is 2. The predicted octanol–water partition coefficient (Wildman–Crippen LogP) is 1.24. The second kappa shape index (κ2) is 5.18. The number of carboxylic acid groups (broad SMARTS) is 1. The van der Waals surface area contributed by atoms with Gasteiger partial charge < -0.3 is 15.7 Å². The first-order chi connectivity index (χ1) is 8.56. The lowest BCUT2D eigenvalue weighted by atomic mass is 9.99. The minimum absolute atomic E-state index is 0.0241. The van der Waals surface area contributed by atoms with E-state index in [1.54, 1.807) is 19.1 Å². The maximum Gasteiger partial charge on any atom is 0.335 e. The average molecular weight is 248 g/mol. The van der Waals surface area contributed by atoms with Gasteiger partial charge in [-0.2, -0.15) is 0 Å². The minimum Gasteiger partial charge on any atom is -0.478 e. The molecule has 1 aliphatic heterocycles. The van der Waals surface area contributed by atoms with E-state index >= 15 is 0 Å². The van der Waals surface area contributed by atoms with E-state index in [9.17, 15) is 9.59 Å². The lowest BCUT2D eigenvalue weighted by Crippen LogP contribution is -2.43. The number of benzene rings is 1. The Morgan fingerprint density at radius 1 is 1.44 bits per heavy atom. The van der Waals surface area contributed by atoms with Gasteiger partial charge in [0.05, 0.1) is 5.56 Å². The molecule has 0 radical (unpaired) electrons. The van der Waals surface area contributed by atoms with E-state index in [0.717, 1.165) is 13.1 Å². The number of rotatable bonds is 4. The molecule has 1 heterocycles. The summed E-state index contributed by atoms with van der Waals surface area (Å²) in [5.74, 6) is -0.556. The number of hydrogen-bond donors (Lipinski definition) is 3. The monoisotopic (exact) mass is 248 g/mol. The fraction of sp³-hybridized carbons (Fsp3) is 0.385. The van der Waals surface area contributed by atoms with E-state index in [1.807, 2.05) is 0 Å². The molecule has 1 amide bonds. The normalized spacial score (nSPS) is 14.9. The first-order valence-corrected chi connectivity index (χ1v) is 5.91. The molecule has 1 fully saturated rings. The van der Waals surface area contributed by atoms with Gasteiger partial charge in [0.25, 0.3) is 0 Å². The van der Waals surface area contributed by atoms with E-state index in [4.69, 9.17) is 5.11 Å². The van der Waals surface area contributed by atoms with Crippen LogP contribution in [0.2, 0.25) is 0 Å². The molecule has 0 aromatic heterocycles. The SMILES string of the molecule is Cc1cc(NC(=O)CC2CNC2)ccc1C(=O)O. The van der Waals surface area contributed by atoms with Crippen LogP contribution in [0.3, 0.4) is 0 Å². The Morgan fingerprint density at radius 3 is 2.67 bits per heavy atom. The van der Waals surface area contributed by atoms with E-state index in [-0.39, 0.29) is 11.5 Å². The number of hydrogen-bond acceptors (Lipinski definition) is 3. The summed E-state index contributed by atoms with van der Waals surface area (Å²) in [6, 6.07) is 4.81. The Bertz CT molecular complexity index is 481. The third-order valence-electron chi connectivity index (χ3n) is 3.08. The highest BCUT2D eigenvalue weighted by molar-refractivity contribution is 5.93. The zero-order chi connectivity index (χ0) is 13.1. The van der Waals surface area contributed by atoms with Gasteiger partial charge in [-0.25, -0.2) is 4.79 Å². The molecule has 1 aliphatic rings. The summed E-state index contributed by atoms with van der Waals surface area (Å²) in [5.41, 5.74) is 1.55. The van der Waals surface area contributed by atoms with Crippen molar-refractivity contribution in [3.63, 3.8) is 0 Å². The number of aryl methyl sites for hydroxylation is 1. The number of amides is 1. The molecular weight excluding hydrogens is 232 g/mol. The van der Waals surface area contributed by atoms with Crippen molar-refractivity contribution in [1.29, 1.82) is 0 Å². The summed E-state index contributed by atoms with van der Waals surface area (Å²) in [5, 5.41) is 14.8. The fourth-order valence-corrected chi connectivity index (χ4v) is 1.95. The Balaban J connectivity index is 1.98. The van der Waals surface area contributed by atoms with E-state index < -0.39 is 5.97 Å². The maximum absolute atomic E-state index is 11.7. The van der Waals surface area contributed by atoms with Crippen LogP contribution in [-0.2, 0) is 4.79 Å². The van der Waals surface area contributed by atoms with Gasteiger partial charge in [0.2, 0.25) is 5.91 Å². The molecule has 0 unspecified atom stereocenters. The van der Waals surface area contributed by atoms with Crippen LogP contribution in [0.5, 0.6) is 0 Å². The Morgan fingerprint density at radius 2 is 2.17 bits per heavy atom. The highest BCUT2D eigenvalue weighted by atomic mass is 16.4. The molecule has 0 aliphatic carbocycles. The largest absolute Gasteiger partial charge is 0.478 e. The molecule has 2 rings (SSSR count). The first kappa shape index (κ1) is 12.6. The Kier molecular flexibility index (Phi) is 3.62. The molecule has 0 bridgehead atoms. The van der Waals surface area contributed by atoms with E-state index in [1.165, 1.54) is 6.07 Å². The maximum atomic E-state index is 11.7. The van der Waals surface area contributed by atoms with Crippen molar-refractivity contribution in [2.45, 2.75) is 13.3 Å². The molecule has 1 saturated heterocycles. The smallest absolute Gasteiger partial charge is 0.335 e. The first-order valence-electron chi connectivity index (χ1n) is 5.91. The summed E-state index contributed by atoms with van der Waals surface area (Å²) in [4.78, 5) is 22.5. The summed E-state index contributed by atoms with van der Waals surface area (Å²) >= 11 is 0. The van der Waals surface area contributed by atoms with Crippen molar-refractivity contribution >= 4 is 17.6 Å². The van der Waals surface area contributed by atoms with Crippen LogP contribution in [0, 0.1) is 12.8 Å². The highest BCUT2D eigenvalue weighted by Crippen LogP contribution is 2.16. The molecule has 5 nitrogen and oxygen atoms in total. The standard InChI is InChI=1S/C13H16N2O3/c1-8-4-10(2-3-11(8)13(17)18)15-12(16)5-9-6-14-7-9/h2-4,9,14H,5-7H2,1H3,(H,15,16)(H,17,18). The van der Waals surface area contributed by atoms with Crippen molar-refractivity contribution in [2.75, 3.05) is 18.4 Å².